The second kappa shape index (κ2) is 4.67. The molecule has 1 atom stereocenters. The van der Waals surface area contributed by atoms with Crippen molar-refractivity contribution in [1.29, 1.82) is 0 Å². The summed E-state index contributed by atoms with van der Waals surface area (Å²) in [6.07, 6.45) is 3.89. The van der Waals surface area contributed by atoms with Gasteiger partial charge in [-0.05, 0) is 43.4 Å². The van der Waals surface area contributed by atoms with Crippen LogP contribution in [0.2, 0.25) is 0 Å². The van der Waals surface area contributed by atoms with Crippen LogP contribution in [0, 0.1) is 5.92 Å². The summed E-state index contributed by atoms with van der Waals surface area (Å²) in [5, 5.41) is 0. The number of ether oxygens (including phenoxy) is 1. The lowest BCUT2D eigenvalue weighted by atomic mass is 9.77. The van der Waals surface area contributed by atoms with Gasteiger partial charge in [0.05, 0.1) is 6.61 Å². The summed E-state index contributed by atoms with van der Waals surface area (Å²) in [7, 11) is 0. The molecule has 2 heteroatoms. The van der Waals surface area contributed by atoms with Crippen LogP contribution in [0.15, 0.2) is 24.3 Å². The molecule has 2 N–H and O–H groups in total. The normalized spacial score (nSPS) is 18.3. The van der Waals surface area contributed by atoms with E-state index in [2.05, 4.69) is 12.1 Å². The molecule has 0 bridgehead atoms. The average molecular weight is 205 g/mol. The first-order valence-electron chi connectivity index (χ1n) is 5.79. The third kappa shape index (κ3) is 2.32. The number of nitrogens with two attached hydrogens (primary N) is 1. The van der Waals surface area contributed by atoms with Crippen LogP contribution in [-0.2, 0) is 0 Å². The molecule has 0 aliphatic heterocycles. The fourth-order valence-corrected chi connectivity index (χ4v) is 2.05. The van der Waals surface area contributed by atoms with E-state index in [1.54, 1.807) is 0 Å². The van der Waals surface area contributed by atoms with Crippen LogP contribution in [-0.4, -0.2) is 6.61 Å². The molecule has 0 saturated heterocycles. The molecule has 0 aromatic heterocycles. The van der Waals surface area contributed by atoms with Crippen molar-refractivity contribution in [1.82, 2.24) is 0 Å². The van der Waals surface area contributed by atoms with Crippen molar-refractivity contribution in [2.75, 3.05) is 6.61 Å². The Hall–Kier alpha value is -1.02. The summed E-state index contributed by atoms with van der Waals surface area (Å²) in [4.78, 5) is 0. The van der Waals surface area contributed by atoms with Gasteiger partial charge in [-0.1, -0.05) is 18.6 Å². The van der Waals surface area contributed by atoms with Crippen molar-refractivity contribution in [3.05, 3.63) is 29.8 Å². The molecule has 1 fully saturated rings. The molecule has 0 radical (unpaired) electrons. The van der Waals surface area contributed by atoms with E-state index in [9.17, 15) is 0 Å². The lowest BCUT2D eigenvalue weighted by Crippen LogP contribution is -2.26. The molecule has 1 saturated carbocycles. The maximum Gasteiger partial charge on any atom is 0.119 e. The van der Waals surface area contributed by atoms with Crippen molar-refractivity contribution in [2.24, 2.45) is 11.7 Å². The van der Waals surface area contributed by atoms with Crippen LogP contribution in [0.4, 0.5) is 0 Å². The highest BCUT2D eigenvalue weighted by molar-refractivity contribution is 5.31. The molecule has 82 valence electrons. The van der Waals surface area contributed by atoms with E-state index in [1.165, 1.54) is 24.8 Å². The zero-order chi connectivity index (χ0) is 10.7. The molecule has 1 aliphatic rings. The van der Waals surface area contributed by atoms with Crippen molar-refractivity contribution in [2.45, 2.75) is 32.2 Å². The fourth-order valence-electron chi connectivity index (χ4n) is 2.05. The third-order valence-corrected chi connectivity index (χ3v) is 3.21. The Kier molecular flexibility index (Phi) is 3.27. The monoisotopic (exact) mass is 205 g/mol. The van der Waals surface area contributed by atoms with Gasteiger partial charge in [-0.25, -0.2) is 0 Å². The minimum atomic E-state index is 0.194. The summed E-state index contributed by atoms with van der Waals surface area (Å²) in [5.41, 5.74) is 7.42. The Morgan fingerprint density at radius 3 is 2.87 bits per heavy atom. The van der Waals surface area contributed by atoms with Gasteiger partial charge in [0.1, 0.15) is 5.75 Å². The maximum absolute atomic E-state index is 6.21. The van der Waals surface area contributed by atoms with Gasteiger partial charge in [0.2, 0.25) is 0 Å². The minimum Gasteiger partial charge on any atom is -0.494 e. The van der Waals surface area contributed by atoms with Crippen molar-refractivity contribution in [3.63, 3.8) is 0 Å². The predicted molar refractivity (Wildman–Crippen MR) is 61.9 cm³/mol. The quantitative estimate of drug-likeness (QED) is 0.820. The fraction of sp³-hybridized carbons (Fsp3) is 0.538. The molecule has 1 aromatic carbocycles. The molecule has 2 nitrogen and oxygen atoms in total. The molecule has 0 amide bonds. The van der Waals surface area contributed by atoms with Crippen LogP contribution < -0.4 is 10.5 Å². The maximum atomic E-state index is 6.21. The molecule has 0 heterocycles. The van der Waals surface area contributed by atoms with E-state index in [1.807, 2.05) is 19.1 Å². The van der Waals surface area contributed by atoms with Gasteiger partial charge in [-0.15, -0.1) is 0 Å². The Labute approximate surface area is 91.4 Å². The second-order valence-electron chi connectivity index (χ2n) is 4.22. The highest BCUT2D eigenvalue weighted by Crippen LogP contribution is 2.36. The van der Waals surface area contributed by atoms with Crippen molar-refractivity contribution >= 4 is 0 Å². The van der Waals surface area contributed by atoms with Gasteiger partial charge in [-0.3, -0.25) is 0 Å². The van der Waals surface area contributed by atoms with E-state index in [4.69, 9.17) is 10.5 Å². The third-order valence-electron chi connectivity index (χ3n) is 3.21. The van der Waals surface area contributed by atoms with Crippen LogP contribution in [0.5, 0.6) is 5.75 Å². The molecular weight excluding hydrogens is 186 g/mol. The number of rotatable bonds is 4. The number of hydrogen-bond donors (Lipinski definition) is 1. The Morgan fingerprint density at radius 1 is 1.47 bits per heavy atom. The summed E-state index contributed by atoms with van der Waals surface area (Å²) in [6.45, 7) is 2.71. The first-order valence-corrected chi connectivity index (χ1v) is 5.79. The first kappa shape index (κ1) is 10.5. The molecule has 0 spiro atoms. The molecule has 0 unspecified atom stereocenters. The molecule has 15 heavy (non-hydrogen) atoms. The Bertz CT molecular complexity index is 320. The van der Waals surface area contributed by atoms with Crippen LogP contribution >= 0.6 is 0 Å². The SMILES string of the molecule is CCOc1cccc([C@@H](N)C2CCC2)c1. The van der Waals surface area contributed by atoms with E-state index in [0.717, 1.165) is 5.75 Å². The summed E-state index contributed by atoms with van der Waals surface area (Å²) >= 11 is 0. The number of hydrogen-bond acceptors (Lipinski definition) is 2. The summed E-state index contributed by atoms with van der Waals surface area (Å²) in [5.74, 6) is 1.62. The Morgan fingerprint density at radius 2 is 2.27 bits per heavy atom. The predicted octanol–water partition coefficient (Wildman–Crippen LogP) is 2.89. The number of benzene rings is 1. The van der Waals surface area contributed by atoms with Gasteiger partial charge in [0.15, 0.2) is 0 Å². The van der Waals surface area contributed by atoms with Gasteiger partial charge >= 0.3 is 0 Å². The van der Waals surface area contributed by atoms with Gasteiger partial charge in [-0.2, -0.15) is 0 Å². The van der Waals surface area contributed by atoms with E-state index < -0.39 is 0 Å². The molecular formula is C13H19NO. The van der Waals surface area contributed by atoms with E-state index in [-0.39, 0.29) is 6.04 Å². The van der Waals surface area contributed by atoms with Gasteiger partial charge in [0.25, 0.3) is 0 Å². The van der Waals surface area contributed by atoms with Crippen LogP contribution in [0.25, 0.3) is 0 Å². The van der Waals surface area contributed by atoms with Gasteiger partial charge < -0.3 is 10.5 Å². The van der Waals surface area contributed by atoms with Gasteiger partial charge in [0, 0.05) is 6.04 Å². The smallest absolute Gasteiger partial charge is 0.119 e. The largest absolute Gasteiger partial charge is 0.494 e. The zero-order valence-electron chi connectivity index (χ0n) is 9.28. The molecule has 2 rings (SSSR count). The second-order valence-corrected chi connectivity index (χ2v) is 4.22. The summed E-state index contributed by atoms with van der Waals surface area (Å²) < 4.78 is 5.47. The first-order chi connectivity index (χ1) is 7.31. The Balaban J connectivity index is 2.09. The standard InChI is InChI=1S/C13H19NO/c1-2-15-12-8-4-7-11(9-12)13(14)10-5-3-6-10/h4,7-10,13H,2-3,5-6,14H2,1H3/t13-/m0/s1. The van der Waals surface area contributed by atoms with Crippen molar-refractivity contribution in [3.8, 4) is 5.75 Å². The molecule has 1 aromatic rings. The van der Waals surface area contributed by atoms with Crippen LogP contribution in [0.1, 0.15) is 37.8 Å². The van der Waals surface area contributed by atoms with E-state index >= 15 is 0 Å². The average Bonchev–Trinajstić information content (AvgIpc) is 2.16. The lowest BCUT2D eigenvalue weighted by Gasteiger charge is -2.31. The highest BCUT2D eigenvalue weighted by Gasteiger charge is 2.25. The molecule has 1 aliphatic carbocycles. The highest BCUT2D eigenvalue weighted by atomic mass is 16.5. The zero-order valence-corrected chi connectivity index (χ0v) is 9.28. The van der Waals surface area contributed by atoms with Crippen molar-refractivity contribution < 1.29 is 4.74 Å². The lowest BCUT2D eigenvalue weighted by molar-refractivity contribution is 0.263. The van der Waals surface area contributed by atoms with Crippen LogP contribution in [0.3, 0.4) is 0 Å². The minimum absolute atomic E-state index is 0.194. The topological polar surface area (TPSA) is 35.2 Å². The summed E-state index contributed by atoms with van der Waals surface area (Å²) in [6, 6.07) is 8.39. The van der Waals surface area contributed by atoms with E-state index in [0.29, 0.717) is 12.5 Å².